The van der Waals surface area contributed by atoms with Crippen LogP contribution in [0.3, 0.4) is 0 Å². The van der Waals surface area contributed by atoms with Crippen LogP contribution in [-0.2, 0) is 11.3 Å². The molecule has 0 aliphatic carbocycles. The summed E-state index contributed by atoms with van der Waals surface area (Å²) in [6, 6.07) is 17.1. The maximum absolute atomic E-state index is 13.5. The molecule has 0 N–H and O–H groups in total. The van der Waals surface area contributed by atoms with Crippen molar-refractivity contribution >= 4 is 23.4 Å². The first-order chi connectivity index (χ1) is 16.6. The average molecular weight is 482 g/mol. The topological polar surface area (TPSA) is 58.8 Å². The first-order valence-corrected chi connectivity index (χ1v) is 12.3. The van der Waals surface area contributed by atoms with Gasteiger partial charge in [-0.05, 0) is 49.4 Å². The zero-order valence-corrected chi connectivity index (χ0v) is 20.6. The van der Waals surface area contributed by atoms with E-state index < -0.39 is 0 Å². The number of hydrogen-bond donors (Lipinski definition) is 0. The van der Waals surface area contributed by atoms with Gasteiger partial charge in [0.1, 0.15) is 5.69 Å². The van der Waals surface area contributed by atoms with Crippen LogP contribution < -0.4 is 4.90 Å². The molecule has 0 atom stereocenters. The van der Waals surface area contributed by atoms with E-state index in [1.165, 1.54) is 0 Å². The van der Waals surface area contributed by atoms with Crippen molar-refractivity contribution in [2.75, 3.05) is 38.3 Å². The van der Waals surface area contributed by atoms with Gasteiger partial charge in [-0.1, -0.05) is 54.0 Å². The average Bonchev–Trinajstić information content (AvgIpc) is 3.28. The number of ether oxygens (including phenoxy) is 1. The van der Waals surface area contributed by atoms with E-state index in [0.717, 1.165) is 55.1 Å². The Labute approximate surface area is 206 Å². The van der Waals surface area contributed by atoms with Crippen LogP contribution in [0.4, 0.5) is 5.88 Å². The van der Waals surface area contributed by atoms with E-state index in [-0.39, 0.29) is 5.91 Å². The number of piperidine rings is 1. The minimum atomic E-state index is -0.0498. The summed E-state index contributed by atoms with van der Waals surface area (Å²) in [6.07, 6.45) is 2.96. The fraction of sp³-hybridized carbons (Fsp3) is 0.407. The molecule has 0 unspecified atom stereocenters. The Bertz CT molecular complexity index is 1060. The van der Waals surface area contributed by atoms with Gasteiger partial charge in [0, 0.05) is 49.5 Å². The van der Waals surface area contributed by atoms with Crippen molar-refractivity contribution in [1.29, 1.82) is 0 Å². The molecule has 1 fully saturated rings. The van der Waals surface area contributed by atoms with Crippen LogP contribution in [0.15, 0.2) is 59.1 Å². The number of carbonyl (C=O) groups is 1. The molecule has 0 spiro atoms. The standard InChI is InChI=1S/C27H32ClN3O3/c1-20-13-16-30(17-14-20)27-24(25(29-34-27)21-7-4-3-5-8-21)19-31(15-6-18-33-2)26(32)22-9-11-23(28)12-10-22/h3-5,7-12,20H,6,13-19H2,1-2H3. The van der Waals surface area contributed by atoms with E-state index in [9.17, 15) is 4.79 Å². The highest BCUT2D eigenvalue weighted by Gasteiger charge is 2.28. The van der Waals surface area contributed by atoms with Crippen molar-refractivity contribution in [3.05, 3.63) is 70.7 Å². The van der Waals surface area contributed by atoms with Gasteiger partial charge in [0.05, 0.1) is 12.1 Å². The molecule has 4 rings (SSSR count). The molecule has 180 valence electrons. The van der Waals surface area contributed by atoms with Crippen LogP contribution in [0.2, 0.25) is 5.02 Å². The molecule has 1 amide bonds. The lowest BCUT2D eigenvalue weighted by Gasteiger charge is -2.31. The summed E-state index contributed by atoms with van der Waals surface area (Å²) in [5, 5.41) is 5.08. The van der Waals surface area contributed by atoms with Crippen LogP contribution >= 0.6 is 11.6 Å². The molecule has 1 saturated heterocycles. The van der Waals surface area contributed by atoms with E-state index in [1.54, 1.807) is 31.4 Å². The Morgan fingerprint density at radius 1 is 1.15 bits per heavy atom. The van der Waals surface area contributed by atoms with Gasteiger partial charge in [0.2, 0.25) is 5.88 Å². The van der Waals surface area contributed by atoms with Gasteiger partial charge in [-0.2, -0.15) is 0 Å². The number of hydrogen-bond acceptors (Lipinski definition) is 5. The summed E-state index contributed by atoms with van der Waals surface area (Å²) >= 11 is 6.05. The number of nitrogens with zero attached hydrogens (tertiary/aromatic N) is 3. The minimum absolute atomic E-state index is 0.0498. The van der Waals surface area contributed by atoms with Crippen molar-refractivity contribution in [2.24, 2.45) is 5.92 Å². The third kappa shape index (κ3) is 5.80. The van der Waals surface area contributed by atoms with Gasteiger partial charge in [-0.3, -0.25) is 4.79 Å². The number of methoxy groups -OCH3 is 1. The van der Waals surface area contributed by atoms with Crippen molar-refractivity contribution in [2.45, 2.75) is 32.7 Å². The van der Waals surface area contributed by atoms with Crippen LogP contribution in [0.1, 0.15) is 42.1 Å². The molecule has 3 aromatic rings. The molecule has 0 bridgehead atoms. The lowest BCUT2D eigenvalue weighted by molar-refractivity contribution is 0.0724. The summed E-state index contributed by atoms with van der Waals surface area (Å²) in [5.74, 6) is 1.42. The largest absolute Gasteiger partial charge is 0.385 e. The van der Waals surface area contributed by atoms with Crippen molar-refractivity contribution in [1.82, 2.24) is 10.1 Å². The molecule has 1 aliphatic rings. The predicted octanol–water partition coefficient (Wildman–Crippen LogP) is 5.91. The van der Waals surface area contributed by atoms with Crippen LogP contribution in [-0.4, -0.2) is 49.3 Å². The van der Waals surface area contributed by atoms with Gasteiger partial charge >= 0.3 is 0 Å². The van der Waals surface area contributed by atoms with E-state index in [0.29, 0.717) is 36.2 Å². The molecule has 2 aromatic carbocycles. The molecule has 1 aromatic heterocycles. The highest BCUT2D eigenvalue weighted by molar-refractivity contribution is 6.30. The molecule has 1 aliphatic heterocycles. The predicted molar refractivity (Wildman–Crippen MR) is 135 cm³/mol. The molecular formula is C27H32ClN3O3. The monoisotopic (exact) mass is 481 g/mol. The second kappa shape index (κ2) is 11.5. The van der Waals surface area contributed by atoms with Crippen molar-refractivity contribution in [3.63, 3.8) is 0 Å². The fourth-order valence-corrected chi connectivity index (χ4v) is 4.47. The summed E-state index contributed by atoms with van der Waals surface area (Å²) in [7, 11) is 1.67. The quantitative estimate of drug-likeness (QED) is 0.355. The molecule has 0 saturated carbocycles. The summed E-state index contributed by atoms with van der Waals surface area (Å²) in [6.45, 7) is 5.68. The number of benzene rings is 2. The highest BCUT2D eigenvalue weighted by Crippen LogP contribution is 2.34. The molecular weight excluding hydrogens is 450 g/mol. The van der Waals surface area contributed by atoms with Gasteiger partial charge in [0.25, 0.3) is 5.91 Å². The first kappa shape index (κ1) is 24.3. The second-order valence-electron chi connectivity index (χ2n) is 8.93. The molecule has 6 nitrogen and oxygen atoms in total. The van der Waals surface area contributed by atoms with E-state index in [1.807, 2.05) is 35.2 Å². The van der Waals surface area contributed by atoms with Gasteiger partial charge < -0.3 is 19.1 Å². The maximum Gasteiger partial charge on any atom is 0.254 e. The van der Waals surface area contributed by atoms with Crippen molar-refractivity contribution < 1.29 is 14.1 Å². The van der Waals surface area contributed by atoms with E-state index in [2.05, 4.69) is 17.0 Å². The number of aromatic nitrogens is 1. The van der Waals surface area contributed by atoms with Crippen molar-refractivity contribution in [3.8, 4) is 11.3 Å². The number of anilines is 1. The lowest BCUT2D eigenvalue weighted by Crippen LogP contribution is -2.35. The van der Waals surface area contributed by atoms with Gasteiger partial charge in [-0.25, -0.2) is 0 Å². The number of amides is 1. The third-order valence-corrected chi connectivity index (χ3v) is 6.64. The minimum Gasteiger partial charge on any atom is -0.385 e. The summed E-state index contributed by atoms with van der Waals surface area (Å²) in [4.78, 5) is 17.7. The van der Waals surface area contributed by atoms with Crippen LogP contribution in [0.5, 0.6) is 0 Å². The Morgan fingerprint density at radius 3 is 2.53 bits per heavy atom. The number of halogens is 1. The summed E-state index contributed by atoms with van der Waals surface area (Å²) in [5.41, 5.74) is 3.32. The maximum atomic E-state index is 13.5. The zero-order valence-electron chi connectivity index (χ0n) is 19.9. The molecule has 2 heterocycles. The SMILES string of the molecule is COCCCN(Cc1c(-c2ccccc2)noc1N1CCC(C)CC1)C(=O)c1ccc(Cl)cc1. The van der Waals surface area contributed by atoms with E-state index in [4.69, 9.17) is 20.9 Å². The smallest absolute Gasteiger partial charge is 0.254 e. The summed E-state index contributed by atoms with van der Waals surface area (Å²) < 4.78 is 11.2. The highest BCUT2D eigenvalue weighted by atomic mass is 35.5. The Hall–Kier alpha value is -2.83. The van der Waals surface area contributed by atoms with Gasteiger partial charge in [-0.15, -0.1) is 0 Å². The van der Waals surface area contributed by atoms with Crippen LogP contribution in [0, 0.1) is 5.92 Å². The molecule has 7 heteroatoms. The van der Waals surface area contributed by atoms with E-state index >= 15 is 0 Å². The van der Waals surface area contributed by atoms with Gasteiger partial charge in [0.15, 0.2) is 0 Å². The number of rotatable bonds is 9. The third-order valence-electron chi connectivity index (χ3n) is 6.39. The number of carbonyl (C=O) groups excluding carboxylic acids is 1. The lowest BCUT2D eigenvalue weighted by atomic mass is 9.98. The Morgan fingerprint density at radius 2 is 1.85 bits per heavy atom. The fourth-order valence-electron chi connectivity index (χ4n) is 4.34. The Kier molecular flexibility index (Phi) is 8.25. The van der Waals surface area contributed by atoms with Crippen LogP contribution in [0.25, 0.3) is 11.3 Å². The molecule has 34 heavy (non-hydrogen) atoms. The molecule has 0 radical (unpaired) electrons. The Balaban J connectivity index is 1.68. The normalized spacial score (nSPS) is 14.4. The zero-order chi connectivity index (χ0) is 23.9. The second-order valence-corrected chi connectivity index (χ2v) is 9.37. The first-order valence-electron chi connectivity index (χ1n) is 11.9.